The number of hydrogen-bond acceptors (Lipinski definition) is 3. The summed E-state index contributed by atoms with van der Waals surface area (Å²) in [6.45, 7) is 5.50. The molecule has 0 fully saturated rings. The number of carbonyl (C=O) groups excluding carboxylic acids is 2. The van der Waals surface area contributed by atoms with Crippen molar-refractivity contribution in [1.29, 1.82) is 0 Å². The molecule has 0 aliphatic heterocycles. The van der Waals surface area contributed by atoms with Crippen molar-refractivity contribution in [2.45, 2.75) is 20.8 Å². The zero-order chi connectivity index (χ0) is 16.1. The van der Waals surface area contributed by atoms with Crippen LogP contribution in [0, 0.1) is 20.8 Å². The number of anilines is 1. The Bertz CT molecular complexity index is 687. The van der Waals surface area contributed by atoms with Gasteiger partial charge in [-0.2, -0.15) is 0 Å². The van der Waals surface area contributed by atoms with Gasteiger partial charge < -0.3 is 10.1 Å². The molecule has 0 aliphatic carbocycles. The van der Waals surface area contributed by atoms with Crippen LogP contribution in [0.25, 0.3) is 0 Å². The van der Waals surface area contributed by atoms with Gasteiger partial charge in [-0.3, -0.25) is 4.79 Å². The van der Waals surface area contributed by atoms with E-state index in [1.165, 1.54) is 0 Å². The normalized spacial score (nSPS) is 10.1. The standard InChI is InChI=1S/C18H19NO3/c1-12-5-4-6-15(8-12)18(21)22-11-17(20)19-16-9-13(2)7-14(3)10-16/h4-10H,11H2,1-3H3,(H,19,20). The van der Waals surface area contributed by atoms with Gasteiger partial charge >= 0.3 is 5.97 Å². The molecule has 1 N–H and O–H groups in total. The van der Waals surface area contributed by atoms with E-state index in [4.69, 9.17) is 4.74 Å². The fourth-order valence-electron chi connectivity index (χ4n) is 2.23. The quantitative estimate of drug-likeness (QED) is 0.880. The van der Waals surface area contributed by atoms with E-state index in [0.29, 0.717) is 11.3 Å². The van der Waals surface area contributed by atoms with Crippen molar-refractivity contribution >= 4 is 17.6 Å². The fourth-order valence-corrected chi connectivity index (χ4v) is 2.23. The monoisotopic (exact) mass is 297 g/mol. The van der Waals surface area contributed by atoms with Gasteiger partial charge in [0.05, 0.1) is 5.56 Å². The van der Waals surface area contributed by atoms with Gasteiger partial charge in [-0.05, 0) is 56.2 Å². The maximum absolute atomic E-state index is 11.9. The zero-order valence-electron chi connectivity index (χ0n) is 13.0. The smallest absolute Gasteiger partial charge is 0.338 e. The van der Waals surface area contributed by atoms with Gasteiger partial charge in [0, 0.05) is 5.69 Å². The number of benzene rings is 2. The summed E-state index contributed by atoms with van der Waals surface area (Å²) >= 11 is 0. The van der Waals surface area contributed by atoms with Gasteiger partial charge in [-0.25, -0.2) is 4.79 Å². The largest absolute Gasteiger partial charge is 0.452 e. The molecule has 0 spiro atoms. The van der Waals surface area contributed by atoms with Crippen molar-refractivity contribution in [3.8, 4) is 0 Å². The molecule has 0 aliphatic rings. The number of ether oxygens (including phenoxy) is 1. The molecular formula is C18H19NO3. The summed E-state index contributed by atoms with van der Waals surface area (Å²) in [5.74, 6) is -0.856. The minimum absolute atomic E-state index is 0.306. The van der Waals surface area contributed by atoms with E-state index in [9.17, 15) is 9.59 Å². The average molecular weight is 297 g/mol. The van der Waals surface area contributed by atoms with Gasteiger partial charge in [0.1, 0.15) is 0 Å². The van der Waals surface area contributed by atoms with Crippen LogP contribution < -0.4 is 5.32 Å². The predicted molar refractivity (Wildman–Crippen MR) is 86.0 cm³/mol. The molecule has 2 aromatic carbocycles. The van der Waals surface area contributed by atoms with Crippen LogP contribution in [-0.4, -0.2) is 18.5 Å². The maximum Gasteiger partial charge on any atom is 0.338 e. The van der Waals surface area contributed by atoms with Gasteiger partial charge in [0.15, 0.2) is 6.61 Å². The molecular weight excluding hydrogens is 278 g/mol. The van der Waals surface area contributed by atoms with Crippen molar-refractivity contribution in [1.82, 2.24) is 0 Å². The lowest BCUT2D eigenvalue weighted by Crippen LogP contribution is -2.21. The van der Waals surface area contributed by atoms with E-state index in [1.54, 1.807) is 18.2 Å². The molecule has 114 valence electrons. The number of esters is 1. The third-order valence-electron chi connectivity index (χ3n) is 3.09. The highest BCUT2D eigenvalue weighted by Gasteiger charge is 2.10. The lowest BCUT2D eigenvalue weighted by Gasteiger charge is -2.08. The van der Waals surface area contributed by atoms with E-state index in [1.807, 2.05) is 45.0 Å². The van der Waals surface area contributed by atoms with Crippen LogP contribution in [0.4, 0.5) is 5.69 Å². The highest BCUT2D eigenvalue weighted by Crippen LogP contribution is 2.13. The summed E-state index contributed by atoms with van der Waals surface area (Å²) in [4.78, 5) is 23.7. The minimum atomic E-state index is -0.501. The zero-order valence-corrected chi connectivity index (χ0v) is 13.0. The number of aryl methyl sites for hydroxylation is 3. The molecule has 1 amide bonds. The van der Waals surface area contributed by atoms with E-state index < -0.39 is 5.97 Å². The van der Waals surface area contributed by atoms with Crippen LogP contribution in [-0.2, 0) is 9.53 Å². The van der Waals surface area contributed by atoms with E-state index in [0.717, 1.165) is 16.7 Å². The summed E-state index contributed by atoms with van der Waals surface area (Å²) in [6.07, 6.45) is 0. The molecule has 0 atom stereocenters. The lowest BCUT2D eigenvalue weighted by atomic mass is 10.1. The number of amides is 1. The summed E-state index contributed by atoms with van der Waals surface area (Å²) in [5.41, 5.74) is 4.24. The second-order valence-electron chi connectivity index (χ2n) is 5.37. The number of nitrogens with one attached hydrogen (secondary N) is 1. The molecule has 2 aromatic rings. The molecule has 0 heterocycles. The molecule has 0 aromatic heterocycles. The van der Waals surface area contributed by atoms with E-state index in [2.05, 4.69) is 5.32 Å². The third-order valence-corrected chi connectivity index (χ3v) is 3.09. The third kappa shape index (κ3) is 4.45. The molecule has 22 heavy (non-hydrogen) atoms. The molecule has 0 saturated heterocycles. The van der Waals surface area contributed by atoms with Gasteiger partial charge in [-0.1, -0.05) is 23.8 Å². The van der Waals surface area contributed by atoms with Gasteiger partial charge in [0.2, 0.25) is 0 Å². The minimum Gasteiger partial charge on any atom is -0.452 e. The number of carbonyl (C=O) groups is 2. The average Bonchev–Trinajstić information content (AvgIpc) is 2.43. The second-order valence-corrected chi connectivity index (χ2v) is 5.37. The first-order valence-corrected chi connectivity index (χ1v) is 7.06. The van der Waals surface area contributed by atoms with Crippen molar-refractivity contribution < 1.29 is 14.3 Å². The Morgan fingerprint density at radius 1 is 0.955 bits per heavy atom. The molecule has 2 rings (SSSR count). The molecule has 0 bridgehead atoms. The Morgan fingerprint density at radius 3 is 2.27 bits per heavy atom. The second kappa shape index (κ2) is 6.89. The Labute approximate surface area is 130 Å². The Hall–Kier alpha value is -2.62. The number of rotatable bonds is 4. The van der Waals surface area contributed by atoms with Crippen molar-refractivity contribution in [3.05, 3.63) is 64.7 Å². The molecule has 0 unspecified atom stereocenters. The van der Waals surface area contributed by atoms with Gasteiger partial charge in [0.25, 0.3) is 5.91 Å². The summed E-state index contributed by atoms with van der Waals surface area (Å²) < 4.78 is 5.03. The Kier molecular flexibility index (Phi) is 4.94. The predicted octanol–water partition coefficient (Wildman–Crippen LogP) is 3.41. The highest BCUT2D eigenvalue weighted by molar-refractivity contribution is 5.95. The van der Waals surface area contributed by atoms with Crippen LogP contribution in [0.2, 0.25) is 0 Å². The highest BCUT2D eigenvalue weighted by atomic mass is 16.5. The summed E-state index contributed by atoms with van der Waals surface area (Å²) in [5, 5.41) is 2.73. The van der Waals surface area contributed by atoms with Crippen molar-refractivity contribution in [2.24, 2.45) is 0 Å². The molecule has 0 radical (unpaired) electrons. The summed E-state index contributed by atoms with van der Waals surface area (Å²) in [6, 6.07) is 12.8. The lowest BCUT2D eigenvalue weighted by molar-refractivity contribution is -0.119. The van der Waals surface area contributed by atoms with Gasteiger partial charge in [-0.15, -0.1) is 0 Å². The molecule has 0 saturated carbocycles. The molecule has 4 nitrogen and oxygen atoms in total. The van der Waals surface area contributed by atoms with Crippen LogP contribution in [0.3, 0.4) is 0 Å². The van der Waals surface area contributed by atoms with Crippen molar-refractivity contribution in [2.75, 3.05) is 11.9 Å². The maximum atomic E-state index is 11.9. The fraction of sp³-hybridized carbons (Fsp3) is 0.222. The Balaban J connectivity index is 1.91. The van der Waals surface area contributed by atoms with Crippen molar-refractivity contribution in [3.63, 3.8) is 0 Å². The van der Waals surface area contributed by atoms with E-state index in [-0.39, 0.29) is 12.5 Å². The van der Waals surface area contributed by atoms with Crippen LogP contribution >= 0.6 is 0 Å². The molecule has 4 heteroatoms. The Morgan fingerprint density at radius 2 is 1.64 bits per heavy atom. The topological polar surface area (TPSA) is 55.4 Å². The first kappa shape index (κ1) is 15.8. The first-order chi connectivity index (χ1) is 10.4. The van der Waals surface area contributed by atoms with E-state index >= 15 is 0 Å². The summed E-state index contributed by atoms with van der Waals surface area (Å²) in [7, 11) is 0. The first-order valence-electron chi connectivity index (χ1n) is 7.06. The van der Waals surface area contributed by atoms with Crippen LogP contribution in [0.5, 0.6) is 0 Å². The SMILES string of the molecule is Cc1cc(C)cc(NC(=O)COC(=O)c2cccc(C)c2)c1. The van der Waals surface area contributed by atoms with Crippen LogP contribution in [0.1, 0.15) is 27.0 Å². The van der Waals surface area contributed by atoms with Crippen LogP contribution in [0.15, 0.2) is 42.5 Å². The number of hydrogen-bond donors (Lipinski definition) is 1.